The Kier molecular flexibility index (Phi) is 3.69. The zero-order valence-electron chi connectivity index (χ0n) is 10.1. The summed E-state index contributed by atoms with van der Waals surface area (Å²) in [6, 6.07) is 5.50. The molecule has 18 heavy (non-hydrogen) atoms. The van der Waals surface area contributed by atoms with Gasteiger partial charge in [-0.15, -0.1) is 10.2 Å². The van der Waals surface area contributed by atoms with Crippen LogP contribution in [0.3, 0.4) is 0 Å². The van der Waals surface area contributed by atoms with E-state index < -0.39 is 0 Å². The zero-order valence-corrected chi connectivity index (χ0v) is 10.1. The first kappa shape index (κ1) is 12.3. The normalized spacial score (nSPS) is 10.3. The summed E-state index contributed by atoms with van der Waals surface area (Å²) in [4.78, 5) is 5.84. The maximum absolute atomic E-state index is 8.85. The second kappa shape index (κ2) is 5.42. The van der Waals surface area contributed by atoms with Gasteiger partial charge in [0.15, 0.2) is 5.82 Å². The SMILES string of the molecule is CN(CCO)c1ccc(-c2cncc(N)c2)nn1. The number of pyridine rings is 1. The number of likely N-dealkylation sites (N-methyl/N-ethyl adjacent to an activating group) is 1. The average molecular weight is 245 g/mol. The van der Waals surface area contributed by atoms with Gasteiger partial charge in [0, 0.05) is 31.5 Å². The third kappa shape index (κ3) is 2.72. The molecule has 3 N–H and O–H groups in total. The summed E-state index contributed by atoms with van der Waals surface area (Å²) in [5.74, 6) is 0.713. The summed E-state index contributed by atoms with van der Waals surface area (Å²) in [6.07, 6.45) is 3.28. The molecule has 2 aromatic rings. The van der Waals surface area contributed by atoms with Crippen LogP contribution in [0.25, 0.3) is 11.3 Å². The lowest BCUT2D eigenvalue weighted by atomic mass is 10.2. The van der Waals surface area contributed by atoms with Gasteiger partial charge in [-0.1, -0.05) is 0 Å². The van der Waals surface area contributed by atoms with E-state index in [2.05, 4.69) is 15.2 Å². The van der Waals surface area contributed by atoms with E-state index in [1.54, 1.807) is 18.5 Å². The van der Waals surface area contributed by atoms with Crippen LogP contribution in [-0.2, 0) is 0 Å². The smallest absolute Gasteiger partial charge is 0.151 e. The molecule has 0 bridgehead atoms. The number of anilines is 2. The van der Waals surface area contributed by atoms with Gasteiger partial charge in [0.2, 0.25) is 0 Å². The van der Waals surface area contributed by atoms with Crippen molar-refractivity contribution >= 4 is 11.5 Å². The van der Waals surface area contributed by atoms with Crippen LogP contribution in [0.5, 0.6) is 0 Å². The van der Waals surface area contributed by atoms with Crippen LogP contribution >= 0.6 is 0 Å². The number of hydrogen-bond acceptors (Lipinski definition) is 6. The fourth-order valence-corrected chi connectivity index (χ4v) is 1.55. The molecule has 0 unspecified atom stereocenters. The summed E-state index contributed by atoms with van der Waals surface area (Å²) in [5.41, 5.74) is 7.81. The van der Waals surface area contributed by atoms with E-state index in [9.17, 15) is 0 Å². The minimum Gasteiger partial charge on any atom is -0.397 e. The van der Waals surface area contributed by atoms with Gasteiger partial charge in [0.25, 0.3) is 0 Å². The first-order valence-corrected chi connectivity index (χ1v) is 5.57. The molecule has 0 aliphatic carbocycles. The molecule has 0 saturated heterocycles. The molecular weight excluding hydrogens is 230 g/mol. The average Bonchev–Trinajstić information content (AvgIpc) is 2.39. The van der Waals surface area contributed by atoms with Gasteiger partial charge >= 0.3 is 0 Å². The maximum atomic E-state index is 8.85. The van der Waals surface area contributed by atoms with E-state index in [1.807, 2.05) is 24.1 Å². The lowest BCUT2D eigenvalue weighted by Crippen LogP contribution is -2.22. The first-order valence-electron chi connectivity index (χ1n) is 5.57. The Morgan fingerprint density at radius 2 is 2.11 bits per heavy atom. The fourth-order valence-electron chi connectivity index (χ4n) is 1.55. The number of nitrogens with two attached hydrogens (primary N) is 1. The molecule has 0 fully saturated rings. The molecule has 0 saturated carbocycles. The standard InChI is InChI=1S/C12H15N5O/c1-17(4-5-18)12-3-2-11(15-16-12)9-6-10(13)8-14-7-9/h2-3,6-8,18H,4-5,13H2,1H3. The third-order valence-electron chi connectivity index (χ3n) is 2.53. The van der Waals surface area contributed by atoms with Crippen molar-refractivity contribution in [3.05, 3.63) is 30.6 Å². The number of hydrogen-bond donors (Lipinski definition) is 2. The molecule has 0 spiro atoms. The molecule has 0 radical (unpaired) electrons. The predicted molar refractivity (Wildman–Crippen MR) is 70.0 cm³/mol. The highest BCUT2D eigenvalue weighted by molar-refractivity contribution is 5.62. The van der Waals surface area contributed by atoms with Crippen LogP contribution in [0.15, 0.2) is 30.6 Å². The van der Waals surface area contributed by atoms with Crippen molar-refractivity contribution in [3.63, 3.8) is 0 Å². The number of rotatable bonds is 4. The van der Waals surface area contributed by atoms with E-state index in [0.29, 0.717) is 18.1 Å². The number of aromatic nitrogens is 3. The van der Waals surface area contributed by atoms with E-state index >= 15 is 0 Å². The topological polar surface area (TPSA) is 88.2 Å². The molecule has 0 aromatic carbocycles. The summed E-state index contributed by atoms with van der Waals surface area (Å²) in [7, 11) is 1.85. The van der Waals surface area contributed by atoms with Gasteiger partial charge in [0.05, 0.1) is 18.0 Å². The van der Waals surface area contributed by atoms with E-state index in [1.165, 1.54) is 0 Å². The molecule has 2 heterocycles. The van der Waals surface area contributed by atoms with Gasteiger partial charge in [-0.05, 0) is 18.2 Å². The van der Waals surface area contributed by atoms with Gasteiger partial charge in [-0.3, -0.25) is 4.98 Å². The summed E-state index contributed by atoms with van der Waals surface area (Å²) in [5, 5.41) is 17.1. The minimum atomic E-state index is 0.0824. The largest absolute Gasteiger partial charge is 0.397 e. The Bertz CT molecular complexity index is 514. The lowest BCUT2D eigenvalue weighted by Gasteiger charge is -2.15. The van der Waals surface area contributed by atoms with Crippen LogP contribution in [0.4, 0.5) is 11.5 Å². The van der Waals surface area contributed by atoms with Gasteiger partial charge in [-0.25, -0.2) is 0 Å². The van der Waals surface area contributed by atoms with E-state index in [-0.39, 0.29) is 6.61 Å². The maximum Gasteiger partial charge on any atom is 0.151 e. The van der Waals surface area contributed by atoms with E-state index in [0.717, 1.165) is 11.3 Å². The van der Waals surface area contributed by atoms with E-state index in [4.69, 9.17) is 10.8 Å². The number of nitrogens with zero attached hydrogens (tertiary/aromatic N) is 4. The molecule has 2 rings (SSSR count). The Morgan fingerprint density at radius 3 is 2.72 bits per heavy atom. The summed E-state index contributed by atoms with van der Waals surface area (Å²) >= 11 is 0. The highest BCUT2D eigenvalue weighted by Crippen LogP contribution is 2.18. The second-order valence-electron chi connectivity index (χ2n) is 3.93. The molecule has 6 nitrogen and oxygen atoms in total. The molecule has 0 amide bonds. The number of nitrogen functional groups attached to an aromatic ring is 1. The van der Waals surface area contributed by atoms with Gasteiger partial charge in [-0.2, -0.15) is 0 Å². The molecule has 94 valence electrons. The quantitative estimate of drug-likeness (QED) is 0.817. The molecular formula is C12H15N5O. The van der Waals surface area contributed by atoms with Crippen LogP contribution in [-0.4, -0.2) is 40.5 Å². The van der Waals surface area contributed by atoms with Crippen molar-refractivity contribution in [2.75, 3.05) is 30.8 Å². The van der Waals surface area contributed by atoms with Gasteiger partial charge < -0.3 is 15.7 Å². The van der Waals surface area contributed by atoms with Crippen molar-refractivity contribution < 1.29 is 5.11 Å². The Hall–Kier alpha value is -2.21. The van der Waals surface area contributed by atoms with Crippen LogP contribution in [0.2, 0.25) is 0 Å². The second-order valence-corrected chi connectivity index (χ2v) is 3.93. The van der Waals surface area contributed by atoms with Gasteiger partial charge in [0.1, 0.15) is 0 Å². The minimum absolute atomic E-state index is 0.0824. The Labute approximate surface area is 105 Å². The van der Waals surface area contributed by atoms with Crippen LogP contribution < -0.4 is 10.6 Å². The predicted octanol–water partition coefficient (Wildman–Crippen LogP) is 0.549. The number of aliphatic hydroxyl groups is 1. The molecule has 0 aliphatic heterocycles. The lowest BCUT2D eigenvalue weighted by molar-refractivity contribution is 0.303. The number of aliphatic hydroxyl groups excluding tert-OH is 1. The van der Waals surface area contributed by atoms with Crippen molar-refractivity contribution in [2.45, 2.75) is 0 Å². The Balaban J connectivity index is 2.22. The third-order valence-corrected chi connectivity index (χ3v) is 2.53. The fraction of sp³-hybridized carbons (Fsp3) is 0.250. The molecule has 6 heteroatoms. The monoisotopic (exact) mass is 245 g/mol. The first-order chi connectivity index (χ1) is 8.70. The molecule has 2 aromatic heterocycles. The molecule has 0 atom stereocenters. The van der Waals surface area contributed by atoms with Crippen molar-refractivity contribution in [1.29, 1.82) is 0 Å². The van der Waals surface area contributed by atoms with Crippen molar-refractivity contribution in [1.82, 2.24) is 15.2 Å². The van der Waals surface area contributed by atoms with Crippen molar-refractivity contribution in [2.24, 2.45) is 0 Å². The van der Waals surface area contributed by atoms with Crippen molar-refractivity contribution in [3.8, 4) is 11.3 Å². The molecule has 0 aliphatic rings. The highest BCUT2D eigenvalue weighted by Gasteiger charge is 2.05. The zero-order chi connectivity index (χ0) is 13.0. The summed E-state index contributed by atoms with van der Waals surface area (Å²) < 4.78 is 0. The Morgan fingerprint density at radius 1 is 1.28 bits per heavy atom. The van der Waals surface area contributed by atoms with Crippen LogP contribution in [0.1, 0.15) is 0 Å². The summed E-state index contributed by atoms with van der Waals surface area (Å²) in [6.45, 7) is 0.604. The van der Waals surface area contributed by atoms with Crippen LogP contribution in [0, 0.1) is 0 Å². The highest BCUT2D eigenvalue weighted by atomic mass is 16.3.